The van der Waals surface area contributed by atoms with Gasteiger partial charge in [0.1, 0.15) is 5.82 Å². The first-order valence-electron chi connectivity index (χ1n) is 13.3. The molecule has 0 bridgehead atoms. The Balaban J connectivity index is 1.49. The predicted octanol–water partition coefficient (Wildman–Crippen LogP) is 9.04. The number of unbranched alkanes of at least 4 members (excludes halogenated alkanes) is 7. The van der Waals surface area contributed by atoms with Crippen molar-refractivity contribution in [2.24, 2.45) is 5.92 Å². The third-order valence-electron chi connectivity index (χ3n) is 7.32. The van der Waals surface area contributed by atoms with Gasteiger partial charge in [-0.25, -0.2) is 14.4 Å². The molecule has 1 heterocycles. The Hall–Kier alpha value is -1.77. The third-order valence-corrected chi connectivity index (χ3v) is 7.32. The van der Waals surface area contributed by atoms with Crippen LogP contribution in [-0.4, -0.2) is 9.97 Å². The van der Waals surface area contributed by atoms with Crippen molar-refractivity contribution in [2.75, 3.05) is 0 Å². The van der Waals surface area contributed by atoms with Gasteiger partial charge >= 0.3 is 0 Å². The summed E-state index contributed by atoms with van der Waals surface area (Å²) in [6.07, 6.45) is 22.8. The van der Waals surface area contributed by atoms with E-state index >= 15 is 0 Å². The first-order chi connectivity index (χ1) is 15.7. The zero-order chi connectivity index (χ0) is 22.6. The lowest BCUT2D eigenvalue weighted by Crippen LogP contribution is -2.14. The zero-order valence-electron chi connectivity index (χ0n) is 20.4. The van der Waals surface area contributed by atoms with Gasteiger partial charge in [0.05, 0.1) is 0 Å². The molecule has 2 aromatic rings. The maximum absolute atomic E-state index is 14.6. The molecule has 0 spiro atoms. The van der Waals surface area contributed by atoms with Crippen molar-refractivity contribution in [1.82, 2.24) is 9.97 Å². The van der Waals surface area contributed by atoms with E-state index in [1.165, 1.54) is 89.0 Å². The first kappa shape index (κ1) is 24.9. The Morgan fingerprint density at radius 3 is 2.16 bits per heavy atom. The molecule has 1 aromatic carbocycles. The van der Waals surface area contributed by atoms with Gasteiger partial charge in [0.2, 0.25) is 0 Å². The second-order valence-electron chi connectivity index (χ2n) is 9.88. The number of hydrogen-bond acceptors (Lipinski definition) is 2. The van der Waals surface area contributed by atoms with E-state index in [-0.39, 0.29) is 5.82 Å². The molecule has 3 rings (SSSR count). The van der Waals surface area contributed by atoms with Crippen molar-refractivity contribution in [3.63, 3.8) is 0 Å². The van der Waals surface area contributed by atoms with Crippen LogP contribution >= 0.6 is 0 Å². The Labute approximate surface area is 195 Å². The summed E-state index contributed by atoms with van der Waals surface area (Å²) in [6.45, 7) is 4.51. The van der Waals surface area contributed by atoms with Gasteiger partial charge in [0.15, 0.2) is 5.82 Å². The van der Waals surface area contributed by atoms with Gasteiger partial charge in [0, 0.05) is 18.0 Å². The largest absolute Gasteiger partial charge is 0.236 e. The van der Waals surface area contributed by atoms with E-state index in [4.69, 9.17) is 0 Å². The van der Waals surface area contributed by atoms with Crippen molar-refractivity contribution in [3.05, 3.63) is 47.5 Å². The fraction of sp³-hybridized carbons (Fsp3) is 0.655. The number of hydrogen-bond donors (Lipinski definition) is 0. The van der Waals surface area contributed by atoms with E-state index in [1.54, 1.807) is 6.07 Å². The number of halogens is 1. The summed E-state index contributed by atoms with van der Waals surface area (Å²) in [5.74, 6) is 2.01. The van der Waals surface area contributed by atoms with E-state index in [1.807, 2.05) is 24.5 Å². The van der Waals surface area contributed by atoms with Crippen molar-refractivity contribution < 1.29 is 4.39 Å². The molecule has 1 aromatic heterocycles. The number of rotatable bonds is 13. The highest BCUT2D eigenvalue weighted by Gasteiger charge is 2.22. The molecule has 2 nitrogen and oxygen atoms in total. The molecule has 0 aliphatic heterocycles. The second kappa shape index (κ2) is 13.7. The van der Waals surface area contributed by atoms with Crippen LogP contribution in [0, 0.1) is 11.7 Å². The smallest absolute Gasteiger partial charge is 0.159 e. The summed E-state index contributed by atoms with van der Waals surface area (Å²) in [5, 5.41) is 0. The SMILES string of the molecule is CCCCCCCCc1ccc(-c2ncc([C@H]3CC[C@H](CCCCC)CC3)cn2)cc1F. The highest BCUT2D eigenvalue weighted by Crippen LogP contribution is 2.37. The molecule has 1 aliphatic carbocycles. The van der Waals surface area contributed by atoms with Gasteiger partial charge in [-0.2, -0.15) is 0 Å². The summed E-state index contributed by atoms with van der Waals surface area (Å²) in [4.78, 5) is 9.20. The molecule has 0 unspecified atom stereocenters. The van der Waals surface area contributed by atoms with Crippen molar-refractivity contribution in [1.29, 1.82) is 0 Å². The van der Waals surface area contributed by atoms with Crippen LogP contribution in [0.25, 0.3) is 11.4 Å². The van der Waals surface area contributed by atoms with Crippen LogP contribution < -0.4 is 0 Å². The molecule has 1 saturated carbocycles. The molecule has 0 atom stereocenters. The lowest BCUT2D eigenvalue weighted by molar-refractivity contribution is 0.302. The number of benzene rings is 1. The molecule has 0 N–H and O–H groups in total. The standard InChI is InChI=1S/C29H43FN2/c1-3-5-7-8-9-11-13-25-18-19-26(20-28(25)30)29-31-21-27(22-32-29)24-16-14-23(15-17-24)12-10-6-4-2/h18-24H,3-17H2,1-2H3/t23-,24-. The minimum Gasteiger partial charge on any atom is -0.236 e. The Bertz CT molecular complexity index is 778. The van der Waals surface area contributed by atoms with Gasteiger partial charge in [0.25, 0.3) is 0 Å². The van der Waals surface area contributed by atoms with Crippen LogP contribution in [0.2, 0.25) is 0 Å². The van der Waals surface area contributed by atoms with E-state index in [0.29, 0.717) is 11.7 Å². The fourth-order valence-corrected chi connectivity index (χ4v) is 5.15. The third kappa shape index (κ3) is 7.67. The molecular formula is C29H43FN2. The normalized spacial score (nSPS) is 18.7. The van der Waals surface area contributed by atoms with Crippen LogP contribution in [0.3, 0.4) is 0 Å². The summed E-state index contributed by atoms with van der Waals surface area (Å²) >= 11 is 0. The van der Waals surface area contributed by atoms with E-state index in [2.05, 4.69) is 23.8 Å². The van der Waals surface area contributed by atoms with Gasteiger partial charge in [-0.15, -0.1) is 0 Å². The van der Waals surface area contributed by atoms with Crippen molar-refractivity contribution >= 4 is 0 Å². The first-order valence-corrected chi connectivity index (χ1v) is 13.3. The lowest BCUT2D eigenvalue weighted by atomic mass is 9.77. The Morgan fingerprint density at radius 2 is 1.47 bits per heavy atom. The number of aromatic nitrogens is 2. The van der Waals surface area contributed by atoms with Crippen LogP contribution in [0.1, 0.15) is 121 Å². The Kier molecular flexibility index (Phi) is 10.6. The highest BCUT2D eigenvalue weighted by atomic mass is 19.1. The van der Waals surface area contributed by atoms with Crippen molar-refractivity contribution in [3.8, 4) is 11.4 Å². The quantitative estimate of drug-likeness (QED) is 0.291. The van der Waals surface area contributed by atoms with E-state index < -0.39 is 0 Å². The van der Waals surface area contributed by atoms with Crippen LogP contribution in [0.5, 0.6) is 0 Å². The van der Waals surface area contributed by atoms with E-state index in [9.17, 15) is 4.39 Å². The molecule has 176 valence electrons. The van der Waals surface area contributed by atoms with E-state index in [0.717, 1.165) is 29.9 Å². The van der Waals surface area contributed by atoms with Gasteiger partial charge in [-0.3, -0.25) is 0 Å². The molecule has 3 heteroatoms. The predicted molar refractivity (Wildman–Crippen MR) is 133 cm³/mol. The van der Waals surface area contributed by atoms with Crippen LogP contribution in [0.15, 0.2) is 30.6 Å². The van der Waals surface area contributed by atoms with Gasteiger partial charge < -0.3 is 0 Å². The second-order valence-corrected chi connectivity index (χ2v) is 9.88. The minimum atomic E-state index is -0.120. The maximum Gasteiger partial charge on any atom is 0.159 e. The summed E-state index contributed by atoms with van der Waals surface area (Å²) in [5.41, 5.74) is 2.85. The fourth-order valence-electron chi connectivity index (χ4n) is 5.15. The zero-order valence-corrected chi connectivity index (χ0v) is 20.4. The Morgan fingerprint density at radius 1 is 0.812 bits per heavy atom. The molecular weight excluding hydrogens is 395 g/mol. The molecule has 0 radical (unpaired) electrons. The minimum absolute atomic E-state index is 0.120. The highest BCUT2D eigenvalue weighted by molar-refractivity contribution is 5.55. The lowest BCUT2D eigenvalue weighted by Gasteiger charge is -2.28. The van der Waals surface area contributed by atoms with Gasteiger partial charge in [-0.05, 0) is 67.6 Å². The van der Waals surface area contributed by atoms with Crippen molar-refractivity contribution in [2.45, 2.75) is 116 Å². The molecule has 0 saturated heterocycles. The number of nitrogens with zero attached hydrogens (tertiary/aromatic N) is 2. The summed E-state index contributed by atoms with van der Waals surface area (Å²) < 4.78 is 14.6. The average molecular weight is 439 g/mol. The summed E-state index contributed by atoms with van der Waals surface area (Å²) in [6, 6.07) is 5.52. The van der Waals surface area contributed by atoms with Crippen LogP contribution in [0.4, 0.5) is 4.39 Å². The summed E-state index contributed by atoms with van der Waals surface area (Å²) in [7, 11) is 0. The topological polar surface area (TPSA) is 25.8 Å². The average Bonchev–Trinajstić information content (AvgIpc) is 2.83. The monoisotopic (exact) mass is 438 g/mol. The molecule has 1 fully saturated rings. The molecule has 32 heavy (non-hydrogen) atoms. The number of aryl methyl sites for hydroxylation is 1. The molecule has 1 aliphatic rings. The molecule has 0 amide bonds. The maximum atomic E-state index is 14.6. The van der Waals surface area contributed by atoms with Crippen LogP contribution in [-0.2, 0) is 6.42 Å². The van der Waals surface area contributed by atoms with Gasteiger partial charge in [-0.1, -0.05) is 83.8 Å².